The fourth-order valence-electron chi connectivity index (χ4n) is 1.52. The number of nitrogens with one attached hydrogen (secondary N) is 1. The molecule has 0 saturated heterocycles. The molecule has 0 unspecified atom stereocenters. The number of carboxylic acid groups (broad SMARTS) is 1. The number of carboxylic acids is 1. The summed E-state index contributed by atoms with van der Waals surface area (Å²) in [5.41, 5.74) is 0.381. The van der Waals surface area contributed by atoms with Gasteiger partial charge in [0.05, 0.1) is 4.75 Å². The van der Waals surface area contributed by atoms with E-state index in [4.69, 9.17) is 5.11 Å². The van der Waals surface area contributed by atoms with Crippen LogP contribution in [-0.2, 0) is 19.4 Å². The van der Waals surface area contributed by atoms with Crippen molar-refractivity contribution in [2.75, 3.05) is 5.75 Å². The Hall–Kier alpha value is -1.89. The average Bonchev–Trinajstić information content (AvgIpc) is 2.34. The van der Waals surface area contributed by atoms with Gasteiger partial charge in [-0.3, -0.25) is 4.79 Å². The first-order valence-electron chi connectivity index (χ1n) is 6.34. The third-order valence-corrected chi connectivity index (χ3v) is 5.45. The Bertz CT molecular complexity index is 617. The first kappa shape index (κ1) is 17.2. The van der Waals surface area contributed by atoms with Crippen molar-refractivity contribution >= 4 is 21.7 Å². The van der Waals surface area contributed by atoms with Crippen LogP contribution in [0.5, 0.6) is 0 Å². The van der Waals surface area contributed by atoms with E-state index in [1.807, 2.05) is 0 Å². The SMILES string of the molecule is CC(C)(C)S(=O)(=O)CC(=O)N[C@@H](C(=O)O)c1ccccc1. The van der Waals surface area contributed by atoms with Gasteiger partial charge in [0.15, 0.2) is 15.9 Å². The number of aliphatic carboxylic acids is 1. The summed E-state index contributed by atoms with van der Waals surface area (Å²) in [6.45, 7) is 4.46. The predicted molar refractivity (Wildman–Crippen MR) is 78.5 cm³/mol. The summed E-state index contributed by atoms with van der Waals surface area (Å²) < 4.78 is 22.8. The van der Waals surface area contributed by atoms with E-state index >= 15 is 0 Å². The number of amides is 1. The smallest absolute Gasteiger partial charge is 0.330 e. The minimum absolute atomic E-state index is 0.381. The van der Waals surface area contributed by atoms with Crippen LogP contribution < -0.4 is 5.32 Å². The fraction of sp³-hybridized carbons (Fsp3) is 0.429. The lowest BCUT2D eigenvalue weighted by Crippen LogP contribution is -2.41. The zero-order valence-corrected chi connectivity index (χ0v) is 13.0. The molecule has 1 amide bonds. The standard InChI is InChI=1S/C14H19NO5S/c1-14(2,3)21(19,20)9-11(16)15-12(13(17)18)10-7-5-4-6-8-10/h4-8,12H,9H2,1-3H3,(H,15,16)(H,17,18)/t12-/m1/s1. The van der Waals surface area contributed by atoms with Crippen LogP contribution >= 0.6 is 0 Å². The zero-order valence-electron chi connectivity index (χ0n) is 12.2. The van der Waals surface area contributed by atoms with Crippen LogP contribution in [0.25, 0.3) is 0 Å². The third kappa shape index (κ3) is 4.56. The molecule has 0 aliphatic rings. The molecule has 1 rings (SSSR count). The summed E-state index contributed by atoms with van der Waals surface area (Å²) >= 11 is 0. The number of sulfone groups is 1. The summed E-state index contributed by atoms with van der Waals surface area (Å²) in [7, 11) is -3.66. The van der Waals surface area contributed by atoms with Crippen LogP contribution in [0.15, 0.2) is 30.3 Å². The van der Waals surface area contributed by atoms with E-state index < -0.39 is 38.3 Å². The van der Waals surface area contributed by atoms with E-state index in [0.717, 1.165) is 0 Å². The van der Waals surface area contributed by atoms with Crippen molar-refractivity contribution in [2.24, 2.45) is 0 Å². The van der Waals surface area contributed by atoms with Crippen molar-refractivity contribution < 1.29 is 23.1 Å². The maximum Gasteiger partial charge on any atom is 0.330 e. The number of benzene rings is 1. The van der Waals surface area contributed by atoms with Gasteiger partial charge in [0, 0.05) is 0 Å². The molecular weight excluding hydrogens is 294 g/mol. The van der Waals surface area contributed by atoms with Gasteiger partial charge in [-0.1, -0.05) is 30.3 Å². The van der Waals surface area contributed by atoms with Gasteiger partial charge in [0.2, 0.25) is 5.91 Å². The second-order valence-corrected chi connectivity index (χ2v) is 8.36. The first-order chi connectivity index (χ1) is 9.54. The molecule has 0 spiro atoms. The molecule has 0 bridgehead atoms. The van der Waals surface area contributed by atoms with E-state index in [0.29, 0.717) is 5.56 Å². The molecule has 1 aromatic carbocycles. The van der Waals surface area contributed by atoms with E-state index in [1.165, 1.54) is 20.8 Å². The first-order valence-corrected chi connectivity index (χ1v) is 7.99. The number of hydrogen-bond donors (Lipinski definition) is 2. The number of carbonyl (C=O) groups excluding carboxylic acids is 1. The van der Waals surface area contributed by atoms with Crippen molar-refractivity contribution in [2.45, 2.75) is 31.6 Å². The Morgan fingerprint density at radius 1 is 1.19 bits per heavy atom. The molecule has 2 N–H and O–H groups in total. The van der Waals surface area contributed by atoms with Gasteiger partial charge in [0.1, 0.15) is 5.75 Å². The van der Waals surface area contributed by atoms with Gasteiger partial charge in [0.25, 0.3) is 0 Å². The Morgan fingerprint density at radius 2 is 1.71 bits per heavy atom. The molecule has 0 saturated carbocycles. The number of carbonyl (C=O) groups is 2. The van der Waals surface area contributed by atoms with E-state index in [1.54, 1.807) is 30.3 Å². The quantitative estimate of drug-likeness (QED) is 0.849. The van der Waals surface area contributed by atoms with Gasteiger partial charge in [-0.2, -0.15) is 0 Å². The van der Waals surface area contributed by atoms with Crippen LogP contribution in [0, 0.1) is 0 Å². The van der Waals surface area contributed by atoms with Crippen molar-refractivity contribution in [3.63, 3.8) is 0 Å². The molecule has 1 atom stereocenters. The van der Waals surface area contributed by atoms with Gasteiger partial charge in [-0.25, -0.2) is 13.2 Å². The van der Waals surface area contributed by atoms with E-state index in [2.05, 4.69) is 5.32 Å². The molecule has 6 nitrogen and oxygen atoms in total. The highest BCUT2D eigenvalue weighted by atomic mass is 32.2. The molecule has 21 heavy (non-hydrogen) atoms. The molecular formula is C14H19NO5S. The molecule has 116 valence electrons. The van der Waals surface area contributed by atoms with Crippen LogP contribution in [0.1, 0.15) is 32.4 Å². The number of hydrogen-bond acceptors (Lipinski definition) is 4. The fourth-order valence-corrected chi connectivity index (χ4v) is 2.39. The summed E-state index contributed by atoms with van der Waals surface area (Å²) in [5, 5.41) is 11.4. The maximum atomic E-state index is 11.9. The monoisotopic (exact) mass is 313 g/mol. The van der Waals surface area contributed by atoms with Crippen LogP contribution in [0.3, 0.4) is 0 Å². The van der Waals surface area contributed by atoms with Crippen LogP contribution in [0.4, 0.5) is 0 Å². The summed E-state index contributed by atoms with van der Waals surface area (Å²) in [4.78, 5) is 23.1. The lowest BCUT2D eigenvalue weighted by atomic mass is 10.1. The van der Waals surface area contributed by atoms with Gasteiger partial charge in [-0.15, -0.1) is 0 Å². The Kier molecular flexibility index (Phi) is 5.11. The molecule has 7 heteroatoms. The van der Waals surface area contributed by atoms with Crippen molar-refractivity contribution in [3.8, 4) is 0 Å². The van der Waals surface area contributed by atoms with Crippen molar-refractivity contribution in [3.05, 3.63) is 35.9 Å². The summed E-state index contributed by atoms with van der Waals surface area (Å²) in [6, 6.07) is 6.84. The summed E-state index contributed by atoms with van der Waals surface area (Å²) in [5.74, 6) is -2.82. The molecule has 0 aliphatic carbocycles. The van der Waals surface area contributed by atoms with Crippen molar-refractivity contribution in [1.29, 1.82) is 0 Å². The maximum absolute atomic E-state index is 11.9. The largest absolute Gasteiger partial charge is 0.479 e. The Morgan fingerprint density at radius 3 is 2.14 bits per heavy atom. The highest BCUT2D eigenvalue weighted by molar-refractivity contribution is 7.93. The molecule has 0 aliphatic heterocycles. The van der Waals surface area contributed by atoms with E-state index in [-0.39, 0.29) is 0 Å². The van der Waals surface area contributed by atoms with E-state index in [9.17, 15) is 18.0 Å². The van der Waals surface area contributed by atoms with Gasteiger partial charge < -0.3 is 10.4 Å². The van der Waals surface area contributed by atoms with Gasteiger partial charge in [-0.05, 0) is 26.3 Å². The average molecular weight is 313 g/mol. The number of rotatable bonds is 5. The van der Waals surface area contributed by atoms with Gasteiger partial charge >= 0.3 is 5.97 Å². The van der Waals surface area contributed by atoms with Crippen LogP contribution in [0.2, 0.25) is 0 Å². The molecule has 0 fully saturated rings. The third-order valence-electron chi connectivity index (χ3n) is 2.94. The highest BCUT2D eigenvalue weighted by Gasteiger charge is 2.32. The molecule has 1 aromatic rings. The van der Waals surface area contributed by atoms with Crippen LogP contribution in [-0.4, -0.2) is 35.9 Å². The van der Waals surface area contributed by atoms with Crippen molar-refractivity contribution in [1.82, 2.24) is 5.32 Å². The summed E-state index contributed by atoms with van der Waals surface area (Å²) in [6.07, 6.45) is 0. The highest BCUT2D eigenvalue weighted by Crippen LogP contribution is 2.17. The minimum Gasteiger partial charge on any atom is -0.479 e. The minimum atomic E-state index is -3.66. The predicted octanol–water partition coefficient (Wildman–Crippen LogP) is 1.14. The lowest BCUT2D eigenvalue weighted by molar-refractivity contribution is -0.141. The molecule has 0 aromatic heterocycles. The molecule has 0 heterocycles. The Labute approximate surface area is 124 Å². The lowest BCUT2D eigenvalue weighted by Gasteiger charge is -2.20. The second kappa shape index (κ2) is 6.26. The second-order valence-electron chi connectivity index (χ2n) is 5.62. The molecule has 0 radical (unpaired) electrons. The zero-order chi connectivity index (χ0) is 16.3. The Balaban J connectivity index is 2.88. The topological polar surface area (TPSA) is 101 Å². The normalized spacial score (nSPS) is 13.5.